The van der Waals surface area contributed by atoms with Crippen LogP contribution in [0.3, 0.4) is 0 Å². The Kier molecular flexibility index (Phi) is 2.40. The van der Waals surface area contributed by atoms with Gasteiger partial charge in [-0.05, 0) is 15.9 Å². The van der Waals surface area contributed by atoms with E-state index in [9.17, 15) is 9.18 Å². The van der Waals surface area contributed by atoms with E-state index in [-0.39, 0.29) is 0 Å². The van der Waals surface area contributed by atoms with Gasteiger partial charge in [0.2, 0.25) is 0 Å². The first-order valence-corrected chi connectivity index (χ1v) is 2.78. The minimum atomic E-state index is -2.02. The van der Waals surface area contributed by atoms with Crippen molar-refractivity contribution in [2.24, 2.45) is 0 Å². The lowest BCUT2D eigenvalue weighted by atomic mass is 10.7. The van der Waals surface area contributed by atoms with Crippen LogP contribution in [0.2, 0.25) is 0 Å². The van der Waals surface area contributed by atoms with Gasteiger partial charge >= 0.3 is 10.7 Å². The summed E-state index contributed by atoms with van der Waals surface area (Å²) < 4.78 is 14.1. The topological polar surface area (TPSA) is 26.3 Å². The summed E-state index contributed by atoms with van der Waals surface area (Å²) in [5.74, 6) is -0.646. The van der Waals surface area contributed by atoms with E-state index in [1.54, 1.807) is 0 Å². The fourth-order valence-electron chi connectivity index (χ4n) is 0.252. The summed E-state index contributed by atoms with van der Waals surface area (Å²) in [6.07, 6.45) is 0. The van der Waals surface area contributed by atoms with Crippen LogP contribution in [-0.4, -0.2) is 10.7 Å². The number of carbonyl (C=O) groups excluding carboxylic acids is 1. The van der Waals surface area contributed by atoms with Gasteiger partial charge in [0.1, 0.15) is 0 Å². The third-order valence-corrected chi connectivity index (χ3v) is 0.485. The number of esters is 1. The van der Waals surface area contributed by atoms with Crippen LogP contribution in [0, 0.1) is 0 Å². The lowest BCUT2D eigenvalue weighted by Crippen LogP contribution is -2.16. The van der Waals surface area contributed by atoms with Crippen LogP contribution in [0.1, 0.15) is 13.8 Å². The van der Waals surface area contributed by atoms with E-state index in [0.29, 0.717) is 0 Å². The molecule has 0 radical (unpaired) electrons. The summed E-state index contributed by atoms with van der Waals surface area (Å²) in [5.41, 5.74) is 0. The van der Waals surface area contributed by atoms with Gasteiger partial charge in [-0.1, -0.05) is 0 Å². The van der Waals surface area contributed by atoms with Gasteiger partial charge in [-0.15, -0.1) is 0 Å². The maximum absolute atomic E-state index is 12.1. The van der Waals surface area contributed by atoms with Crippen molar-refractivity contribution in [3.8, 4) is 0 Å². The SMILES string of the molecule is CC(=O)OC(C)(F)Br. The molecule has 1 unspecified atom stereocenters. The first-order valence-electron chi connectivity index (χ1n) is 1.99. The third-order valence-electron chi connectivity index (χ3n) is 0.323. The molecule has 0 amide bonds. The Balaban J connectivity index is 3.55. The normalized spacial score (nSPS) is 17.0. The molecule has 1 atom stereocenters. The Bertz CT molecular complexity index is 96.7. The molecule has 0 aromatic heterocycles. The monoisotopic (exact) mass is 184 g/mol. The second-order valence-electron chi connectivity index (χ2n) is 1.40. The molecule has 0 aromatic rings. The summed E-state index contributed by atoms with van der Waals surface area (Å²) >= 11 is 2.47. The molecule has 4 heteroatoms. The standard InChI is InChI=1S/C4H6BrFO2/c1-3(7)8-4(2,5)6/h1-2H3. The minimum absolute atomic E-state index is 0.646. The molecule has 0 bridgehead atoms. The zero-order valence-corrected chi connectivity index (χ0v) is 6.16. The van der Waals surface area contributed by atoms with E-state index in [0.717, 1.165) is 13.8 Å². The zero-order valence-electron chi connectivity index (χ0n) is 4.57. The molecule has 0 rings (SSSR count). The molecule has 0 N–H and O–H groups in total. The Morgan fingerprint density at radius 3 is 2.25 bits per heavy atom. The average molecular weight is 185 g/mol. The van der Waals surface area contributed by atoms with Crippen molar-refractivity contribution < 1.29 is 13.9 Å². The van der Waals surface area contributed by atoms with Gasteiger partial charge in [0, 0.05) is 13.8 Å². The predicted octanol–water partition coefficient (Wildman–Crippen LogP) is 1.59. The molecule has 2 nitrogen and oxygen atoms in total. The summed E-state index contributed by atoms with van der Waals surface area (Å²) in [6, 6.07) is 0. The van der Waals surface area contributed by atoms with E-state index in [2.05, 4.69) is 20.7 Å². The second-order valence-corrected chi connectivity index (χ2v) is 2.82. The Morgan fingerprint density at radius 1 is 1.88 bits per heavy atom. The molecule has 0 heterocycles. The van der Waals surface area contributed by atoms with Gasteiger partial charge in [-0.25, -0.2) is 0 Å². The third kappa shape index (κ3) is 5.88. The van der Waals surface area contributed by atoms with E-state index < -0.39 is 10.7 Å². The number of halogens is 2. The molecular weight excluding hydrogens is 179 g/mol. The molecule has 0 aliphatic rings. The van der Waals surface area contributed by atoms with Crippen LogP contribution in [0.4, 0.5) is 4.39 Å². The van der Waals surface area contributed by atoms with Crippen molar-refractivity contribution in [1.29, 1.82) is 0 Å². The number of hydrogen-bond acceptors (Lipinski definition) is 2. The highest BCUT2D eigenvalue weighted by molar-refractivity contribution is 9.09. The first-order chi connectivity index (χ1) is 3.42. The van der Waals surface area contributed by atoms with Crippen molar-refractivity contribution in [1.82, 2.24) is 0 Å². The van der Waals surface area contributed by atoms with E-state index in [4.69, 9.17) is 0 Å². The van der Waals surface area contributed by atoms with Crippen LogP contribution >= 0.6 is 15.9 Å². The second kappa shape index (κ2) is 2.44. The summed E-state index contributed by atoms with van der Waals surface area (Å²) in [6.45, 7) is 2.23. The highest BCUT2D eigenvalue weighted by atomic mass is 79.9. The number of rotatable bonds is 1. The molecule has 48 valence electrons. The Labute approximate surface area is 55.1 Å². The fourth-order valence-corrected chi connectivity index (χ4v) is 0.480. The van der Waals surface area contributed by atoms with Gasteiger partial charge in [0.05, 0.1) is 0 Å². The lowest BCUT2D eigenvalue weighted by Gasteiger charge is -2.10. The average Bonchev–Trinajstić information content (AvgIpc) is 1.21. The first kappa shape index (κ1) is 7.88. The van der Waals surface area contributed by atoms with Crippen LogP contribution in [0.5, 0.6) is 0 Å². The summed E-state index contributed by atoms with van der Waals surface area (Å²) in [7, 11) is 0. The maximum Gasteiger partial charge on any atom is 0.305 e. The molecule has 0 saturated heterocycles. The fraction of sp³-hybridized carbons (Fsp3) is 0.750. The molecule has 0 saturated carbocycles. The van der Waals surface area contributed by atoms with E-state index in [1.807, 2.05) is 0 Å². The largest absolute Gasteiger partial charge is 0.419 e. The van der Waals surface area contributed by atoms with Crippen LogP contribution in [0.15, 0.2) is 0 Å². The maximum atomic E-state index is 12.1. The van der Waals surface area contributed by atoms with Gasteiger partial charge in [-0.2, -0.15) is 4.39 Å². The van der Waals surface area contributed by atoms with Crippen LogP contribution < -0.4 is 0 Å². The predicted molar refractivity (Wildman–Crippen MR) is 30.2 cm³/mol. The number of ether oxygens (including phenoxy) is 1. The molecule has 8 heavy (non-hydrogen) atoms. The Hall–Kier alpha value is -0.120. The highest BCUT2D eigenvalue weighted by Gasteiger charge is 2.20. The molecule has 0 spiro atoms. The summed E-state index contributed by atoms with van der Waals surface area (Å²) in [5, 5.41) is 0. The molecule has 0 fully saturated rings. The highest BCUT2D eigenvalue weighted by Crippen LogP contribution is 2.19. The van der Waals surface area contributed by atoms with Crippen molar-refractivity contribution in [2.75, 3.05) is 0 Å². The van der Waals surface area contributed by atoms with Crippen molar-refractivity contribution >= 4 is 21.9 Å². The van der Waals surface area contributed by atoms with E-state index in [1.165, 1.54) is 0 Å². The van der Waals surface area contributed by atoms with Crippen molar-refractivity contribution in [3.05, 3.63) is 0 Å². The minimum Gasteiger partial charge on any atom is -0.419 e. The quantitative estimate of drug-likeness (QED) is 0.458. The zero-order chi connectivity index (χ0) is 6.78. The van der Waals surface area contributed by atoms with Crippen molar-refractivity contribution in [2.45, 2.75) is 18.6 Å². The molecule has 0 aliphatic heterocycles. The van der Waals surface area contributed by atoms with Crippen LogP contribution in [-0.2, 0) is 9.53 Å². The summed E-state index contributed by atoms with van der Waals surface area (Å²) in [4.78, 5) is 9.97. The molecule has 0 aliphatic carbocycles. The van der Waals surface area contributed by atoms with E-state index >= 15 is 0 Å². The number of hydrogen-bond donors (Lipinski definition) is 0. The van der Waals surface area contributed by atoms with Crippen LogP contribution in [0.25, 0.3) is 0 Å². The smallest absolute Gasteiger partial charge is 0.305 e. The van der Waals surface area contributed by atoms with Gasteiger partial charge in [0.25, 0.3) is 0 Å². The Morgan fingerprint density at radius 2 is 2.25 bits per heavy atom. The number of alkyl halides is 2. The van der Waals surface area contributed by atoms with Crippen molar-refractivity contribution in [3.63, 3.8) is 0 Å². The van der Waals surface area contributed by atoms with Gasteiger partial charge in [-0.3, -0.25) is 4.79 Å². The van der Waals surface area contributed by atoms with Gasteiger partial charge in [0.15, 0.2) is 0 Å². The molecular formula is C4H6BrFO2. The number of carbonyl (C=O) groups is 1. The van der Waals surface area contributed by atoms with Gasteiger partial charge < -0.3 is 4.74 Å². The lowest BCUT2D eigenvalue weighted by molar-refractivity contribution is -0.156. The molecule has 0 aromatic carbocycles.